The van der Waals surface area contributed by atoms with Crippen molar-refractivity contribution < 1.29 is 23.4 Å². The van der Waals surface area contributed by atoms with Crippen LogP contribution in [0.2, 0.25) is 0 Å². The molecular weight excluding hydrogens is 547 g/mol. The van der Waals surface area contributed by atoms with Gasteiger partial charge in [0.25, 0.3) is 0 Å². The number of amides is 3. The monoisotopic (exact) mass is 590 g/mol. The van der Waals surface area contributed by atoms with E-state index in [-0.39, 0.29) is 23.6 Å². The second kappa shape index (κ2) is 14.2. The number of carbonyl (C=O) groups is 2. The zero-order valence-electron chi connectivity index (χ0n) is 25.3. The lowest BCUT2D eigenvalue weighted by molar-refractivity contribution is -0.192. The third-order valence-electron chi connectivity index (χ3n) is 8.40. The van der Waals surface area contributed by atoms with Crippen molar-refractivity contribution in [2.45, 2.75) is 71.8 Å². The highest BCUT2D eigenvalue weighted by Crippen LogP contribution is 2.49. The number of urea groups is 1. The first-order valence-corrected chi connectivity index (χ1v) is 16.4. The van der Waals surface area contributed by atoms with Gasteiger partial charge in [-0.15, -0.1) is 0 Å². The zero-order chi connectivity index (χ0) is 30.3. The second-order valence-electron chi connectivity index (χ2n) is 10.7. The molecule has 4 atom stereocenters. The van der Waals surface area contributed by atoms with E-state index in [2.05, 4.69) is 0 Å². The van der Waals surface area contributed by atoms with Gasteiger partial charge in [0.15, 0.2) is 6.23 Å². The van der Waals surface area contributed by atoms with Crippen molar-refractivity contribution in [3.63, 3.8) is 0 Å². The standard InChI is InChI=1S/C34H43N2O5P/c1-6-24-35(25(5)26-16-12-10-13-17-26)33(38)36-31(37)34(7-2,8-3)32(36)41-29-22-20-28(21-23-29)30(42(39)40-9-4)27-18-14-11-15-19-27/h10-23,25,30,32,42H,6-9,24H2,1-5H3/t25-,30?,32+/m1/s1. The van der Waals surface area contributed by atoms with Gasteiger partial charge < -0.3 is 14.2 Å². The molecule has 4 rings (SSSR count). The molecule has 0 radical (unpaired) electrons. The fraction of sp³-hybridized carbons (Fsp3) is 0.412. The van der Waals surface area contributed by atoms with E-state index in [1.165, 1.54) is 4.90 Å². The molecule has 42 heavy (non-hydrogen) atoms. The zero-order valence-corrected chi connectivity index (χ0v) is 26.3. The van der Waals surface area contributed by atoms with Gasteiger partial charge in [-0.1, -0.05) is 93.6 Å². The van der Waals surface area contributed by atoms with Crippen LogP contribution in [0.4, 0.5) is 4.79 Å². The number of benzene rings is 3. The summed E-state index contributed by atoms with van der Waals surface area (Å²) in [4.78, 5) is 30.7. The number of nitrogens with zero attached hydrogens (tertiary/aromatic N) is 2. The third kappa shape index (κ3) is 6.18. The number of imide groups is 1. The molecule has 0 aromatic heterocycles. The SMILES string of the molecule is CCCN(C(=O)N1C(=O)C(CC)(CC)[C@@H]1Oc1ccc(C(c2ccccc2)[PH](=O)OCC)cc1)[C@H](C)c1ccccc1. The highest BCUT2D eigenvalue weighted by molar-refractivity contribution is 7.40. The average molecular weight is 591 g/mol. The van der Waals surface area contributed by atoms with Crippen LogP contribution in [-0.2, 0) is 13.9 Å². The fourth-order valence-corrected chi connectivity index (χ4v) is 7.22. The maximum Gasteiger partial charge on any atom is 0.330 e. The number of likely N-dealkylation sites (tertiary alicyclic amines) is 1. The van der Waals surface area contributed by atoms with Crippen LogP contribution in [0.5, 0.6) is 5.75 Å². The molecular formula is C34H43N2O5P. The molecule has 8 heteroatoms. The first-order chi connectivity index (χ1) is 20.3. The lowest BCUT2D eigenvalue weighted by Gasteiger charge is -2.54. The Hall–Kier alpha value is -3.41. The molecule has 3 aromatic carbocycles. The van der Waals surface area contributed by atoms with E-state index in [9.17, 15) is 14.2 Å². The molecule has 3 aromatic rings. The van der Waals surface area contributed by atoms with Crippen LogP contribution in [0, 0.1) is 5.41 Å². The maximum absolute atomic E-state index is 14.0. The third-order valence-corrected chi connectivity index (χ3v) is 10.1. The molecule has 1 saturated heterocycles. The second-order valence-corrected chi connectivity index (χ2v) is 12.2. The maximum atomic E-state index is 14.0. The van der Waals surface area contributed by atoms with Crippen molar-refractivity contribution in [2.75, 3.05) is 13.2 Å². The Morgan fingerprint density at radius 1 is 0.881 bits per heavy atom. The molecule has 0 aliphatic carbocycles. The Morgan fingerprint density at radius 2 is 1.43 bits per heavy atom. The van der Waals surface area contributed by atoms with Crippen molar-refractivity contribution in [1.29, 1.82) is 0 Å². The normalized spacial score (nSPS) is 18.1. The van der Waals surface area contributed by atoms with Gasteiger partial charge in [0, 0.05) is 6.54 Å². The number of rotatable bonds is 13. The van der Waals surface area contributed by atoms with Gasteiger partial charge in [0.05, 0.1) is 18.3 Å². The quantitative estimate of drug-likeness (QED) is 0.148. The molecule has 1 aliphatic heterocycles. The molecule has 224 valence electrons. The summed E-state index contributed by atoms with van der Waals surface area (Å²) in [5.41, 5.74) is 1.61. The van der Waals surface area contributed by atoms with E-state index in [0.29, 0.717) is 31.7 Å². The molecule has 1 aliphatic rings. The minimum absolute atomic E-state index is 0.195. The highest BCUT2D eigenvalue weighted by Gasteiger charge is 2.63. The minimum Gasteiger partial charge on any atom is -0.469 e. The van der Waals surface area contributed by atoms with E-state index in [1.54, 1.807) is 4.90 Å². The Bertz CT molecular complexity index is 1350. The summed E-state index contributed by atoms with van der Waals surface area (Å²) >= 11 is 0. The number of β-lactam (4-membered cyclic amide) rings is 1. The molecule has 2 unspecified atom stereocenters. The van der Waals surface area contributed by atoms with Crippen molar-refractivity contribution in [3.8, 4) is 5.75 Å². The lowest BCUT2D eigenvalue weighted by Crippen LogP contribution is -2.74. The van der Waals surface area contributed by atoms with Crippen LogP contribution >= 0.6 is 8.03 Å². The van der Waals surface area contributed by atoms with E-state index in [4.69, 9.17) is 9.26 Å². The summed E-state index contributed by atoms with van der Waals surface area (Å²) in [6.07, 6.45) is 1.15. The van der Waals surface area contributed by atoms with Crippen LogP contribution in [0.15, 0.2) is 84.9 Å². The van der Waals surface area contributed by atoms with Gasteiger partial charge >= 0.3 is 6.03 Å². The topological polar surface area (TPSA) is 76.2 Å². The van der Waals surface area contributed by atoms with E-state index in [1.807, 2.05) is 120 Å². The predicted molar refractivity (Wildman–Crippen MR) is 167 cm³/mol. The summed E-state index contributed by atoms with van der Waals surface area (Å²) in [7, 11) is -2.40. The molecule has 0 bridgehead atoms. The number of hydrogen-bond acceptors (Lipinski definition) is 5. The highest BCUT2D eigenvalue weighted by atomic mass is 31.1. The van der Waals surface area contributed by atoms with Gasteiger partial charge in [-0.2, -0.15) is 0 Å². The molecule has 1 fully saturated rings. The molecule has 0 spiro atoms. The lowest BCUT2D eigenvalue weighted by atomic mass is 9.72. The Balaban J connectivity index is 1.62. The molecule has 3 amide bonds. The summed E-state index contributed by atoms with van der Waals surface area (Å²) in [5.74, 6) is 0.348. The Labute approximate surface area is 250 Å². The molecule has 7 nitrogen and oxygen atoms in total. The summed E-state index contributed by atoms with van der Waals surface area (Å²) in [6, 6.07) is 26.4. The summed E-state index contributed by atoms with van der Waals surface area (Å²) < 4.78 is 25.1. The number of carbonyl (C=O) groups excluding carboxylic acids is 2. The van der Waals surface area contributed by atoms with Crippen molar-refractivity contribution in [1.82, 2.24) is 9.80 Å². The summed E-state index contributed by atoms with van der Waals surface area (Å²) in [6.45, 7) is 10.7. The van der Waals surface area contributed by atoms with Crippen LogP contribution < -0.4 is 4.74 Å². The van der Waals surface area contributed by atoms with Crippen LogP contribution in [0.25, 0.3) is 0 Å². The first kappa shape index (κ1) is 31.5. The van der Waals surface area contributed by atoms with Crippen LogP contribution in [0.1, 0.15) is 82.3 Å². The van der Waals surface area contributed by atoms with Gasteiger partial charge in [-0.05, 0) is 61.9 Å². The minimum atomic E-state index is -2.40. The number of hydrogen-bond donors (Lipinski definition) is 0. The molecule has 1 heterocycles. The molecule has 0 N–H and O–H groups in total. The molecule has 0 saturated carbocycles. The van der Waals surface area contributed by atoms with Gasteiger partial charge in [-0.25, -0.2) is 9.69 Å². The first-order valence-electron chi connectivity index (χ1n) is 15.0. The smallest absolute Gasteiger partial charge is 0.330 e. The van der Waals surface area contributed by atoms with Gasteiger partial charge in [-0.3, -0.25) is 9.36 Å². The summed E-state index contributed by atoms with van der Waals surface area (Å²) in [5, 5.41) is 0. The Morgan fingerprint density at radius 3 is 1.95 bits per heavy atom. The van der Waals surface area contributed by atoms with E-state index in [0.717, 1.165) is 23.1 Å². The number of ether oxygens (including phenoxy) is 1. The largest absolute Gasteiger partial charge is 0.469 e. The van der Waals surface area contributed by atoms with Crippen LogP contribution in [0.3, 0.4) is 0 Å². The Kier molecular flexibility index (Phi) is 10.6. The van der Waals surface area contributed by atoms with Gasteiger partial charge in [0.1, 0.15) is 11.2 Å². The van der Waals surface area contributed by atoms with Crippen molar-refractivity contribution in [3.05, 3.63) is 102 Å². The predicted octanol–water partition coefficient (Wildman–Crippen LogP) is 8.23. The van der Waals surface area contributed by atoms with E-state index >= 15 is 0 Å². The van der Waals surface area contributed by atoms with Crippen LogP contribution in [-0.4, -0.2) is 41.1 Å². The van der Waals surface area contributed by atoms with E-state index < -0.39 is 19.7 Å². The average Bonchev–Trinajstić information content (AvgIpc) is 3.02. The van der Waals surface area contributed by atoms with Crippen molar-refractivity contribution in [2.24, 2.45) is 5.41 Å². The van der Waals surface area contributed by atoms with Gasteiger partial charge in [0.2, 0.25) is 13.9 Å². The fourth-order valence-electron chi connectivity index (χ4n) is 5.84. The van der Waals surface area contributed by atoms with Crippen molar-refractivity contribution >= 4 is 20.0 Å².